The molecule has 0 aliphatic heterocycles. The van der Waals surface area contributed by atoms with Gasteiger partial charge in [0.05, 0.1) is 0 Å². The van der Waals surface area contributed by atoms with Crippen molar-refractivity contribution in [3.8, 4) is 0 Å². The predicted molar refractivity (Wildman–Crippen MR) is 98.0 cm³/mol. The fourth-order valence-corrected chi connectivity index (χ4v) is 5.63. The first-order valence-electron chi connectivity index (χ1n) is 8.73. The monoisotopic (exact) mass is 367 g/mol. The van der Waals surface area contributed by atoms with E-state index in [-0.39, 0.29) is 18.5 Å². The van der Waals surface area contributed by atoms with Crippen LogP contribution in [0.25, 0.3) is 0 Å². The molecular formula is C18H25NO3S2. The van der Waals surface area contributed by atoms with Gasteiger partial charge in [0.2, 0.25) is 0 Å². The second-order valence-electron chi connectivity index (χ2n) is 6.78. The maximum Gasteiger partial charge on any atom is 0.306 e. The number of rotatable bonds is 9. The summed E-state index contributed by atoms with van der Waals surface area (Å²) in [7, 11) is 0. The van der Waals surface area contributed by atoms with Gasteiger partial charge in [-0.3, -0.25) is 9.59 Å². The van der Waals surface area contributed by atoms with Crippen LogP contribution in [0.15, 0.2) is 17.5 Å². The second kappa shape index (κ2) is 8.90. The van der Waals surface area contributed by atoms with Gasteiger partial charge >= 0.3 is 5.97 Å². The first-order valence-corrected chi connectivity index (χ1v) is 10.8. The van der Waals surface area contributed by atoms with E-state index in [0.29, 0.717) is 18.9 Å². The van der Waals surface area contributed by atoms with Crippen molar-refractivity contribution in [3.63, 3.8) is 0 Å². The van der Waals surface area contributed by atoms with Gasteiger partial charge in [-0.05, 0) is 48.5 Å². The van der Waals surface area contributed by atoms with Crippen molar-refractivity contribution in [1.29, 1.82) is 0 Å². The molecule has 6 heteroatoms. The van der Waals surface area contributed by atoms with E-state index in [0.717, 1.165) is 23.3 Å². The molecule has 132 valence electrons. The molecule has 1 amide bonds. The topological polar surface area (TPSA) is 55.4 Å². The van der Waals surface area contributed by atoms with E-state index in [1.807, 2.05) is 6.07 Å². The fraction of sp³-hybridized carbons (Fsp3) is 0.667. The van der Waals surface area contributed by atoms with Crippen LogP contribution < -0.4 is 5.32 Å². The summed E-state index contributed by atoms with van der Waals surface area (Å²) in [5, 5.41) is 4.88. The lowest BCUT2D eigenvalue weighted by Crippen LogP contribution is -2.31. The molecule has 2 bridgehead atoms. The molecule has 4 nitrogen and oxygen atoms in total. The van der Waals surface area contributed by atoms with Crippen LogP contribution in [-0.2, 0) is 20.1 Å². The maximum absolute atomic E-state index is 11.9. The molecule has 0 unspecified atom stereocenters. The first-order chi connectivity index (χ1) is 11.7. The van der Waals surface area contributed by atoms with E-state index in [9.17, 15) is 9.59 Å². The molecule has 2 fully saturated rings. The number of amides is 1. The van der Waals surface area contributed by atoms with Crippen molar-refractivity contribution >= 4 is 35.0 Å². The van der Waals surface area contributed by atoms with Crippen LogP contribution in [0, 0.1) is 17.8 Å². The zero-order valence-electron chi connectivity index (χ0n) is 13.9. The molecule has 0 spiro atoms. The Morgan fingerprint density at radius 2 is 2.25 bits per heavy atom. The molecule has 2 aliphatic carbocycles. The summed E-state index contributed by atoms with van der Waals surface area (Å²) in [6, 6.07) is 4.17. The first kappa shape index (κ1) is 17.8. The van der Waals surface area contributed by atoms with Crippen LogP contribution in [0.1, 0.15) is 37.0 Å². The molecule has 24 heavy (non-hydrogen) atoms. The van der Waals surface area contributed by atoms with Crippen molar-refractivity contribution in [2.45, 2.75) is 37.9 Å². The molecule has 1 aromatic rings. The summed E-state index contributed by atoms with van der Waals surface area (Å²) < 4.78 is 5.13. The minimum absolute atomic E-state index is 0.144. The lowest BCUT2D eigenvalue weighted by molar-refractivity contribution is -0.149. The van der Waals surface area contributed by atoms with Gasteiger partial charge in [0, 0.05) is 29.3 Å². The zero-order chi connectivity index (χ0) is 16.8. The van der Waals surface area contributed by atoms with Gasteiger partial charge in [0.15, 0.2) is 6.61 Å². The highest BCUT2D eigenvalue weighted by atomic mass is 32.2. The summed E-state index contributed by atoms with van der Waals surface area (Å²) in [4.78, 5) is 24.9. The number of esters is 1. The highest BCUT2D eigenvalue weighted by Gasteiger charge is 2.40. The van der Waals surface area contributed by atoms with Crippen molar-refractivity contribution in [1.82, 2.24) is 5.32 Å². The molecule has 0 aromatic carbocycles. The largest absolute Gasteiger partial charge is 0.456 e. The minimum atomic E-state index is -0.213. The summed E-state index contributed by atoms with van der Waals surface area (Å²) in [6.45, 7) is 0.466. The number of nitrogens with one attached hydrogen (secondary N) is 1. The Morgan fingerprint density at radius 1 is 1.33 bits per heavy atom. The molecule has 2 saturated carbocycles. The number of thiophene rings is 1. The predicted octanol–water partition coefficient (Wildman–Crippen LogP) is 3.47. The number of hydrogen-bond acceptors (Lipinski definition) is 5. The molecule has 3 atom stereocenters. The van der Waals surface area contributed by atoms with Crippen molar-refractivity contribution in [2.24, 2.45) is 17.8 Å². The average Bonchev–Trinajstić information content (AvgIpc) is 3.30. The second-order valence-corrected chi connectivity index (χ2v) is 8.92. The highest BCUT2D eigenvalue weighted by Crippen LogP contribution is 2.49. The smallest absolute Gasteiger partial charge is 0.306 e. The third kappa shape index (κ3) is 5.24. The van der Waals surface area contributed by atoms with Crippen LogP contribution in [0.3, 0.4) is 0 Å². The van der Waals surface area contributed by atoms with Gasteiger partial charge in [-0.2, -0.15) is 11.8 Å². The molecule has 0 saturated heterocycles. The van der Waals surface area contributed by atoms with Gasteiger partial charge in [0.25, 0.3) is 5.91 Å². The van der Waals surface area contributed by atoms with Gasteiger partial charge in [0.1, 0.15) is 0 Å². The SMILES string of the molecule is O=C(COC(=O)C[C@H]1C[C@@H]2CC[C@@H]1C2)NCCSCc1cccs1. The number of hydrogen-bond donors (Lipinski definition) is 1. The lowest BCUT2D eigenvalue weighted by atomic mass is 9.86. The Balaban J connectivity index is 1.21. The summed E-state index contributed by atoms with van der Waals surface area (Å²) in [5.74, 6) is 3.48. The third-order valence-electron chi connectivity index (χ3n) is 5.07. The van der Waals surface area contributed by atoms with E-state index in [1.165, 1.54) is 30.6 Å². The van der Waals surface area contributed by atoms with Gasteiger partial charge < -0.3 is 10.1 Å². The van der Waals surface area contributed by atoms with Crippen LogP contribution in [0.2, 0.25) is 0 Å². The summed E-state index contributed by atoms with van der Waals surface area (Å²) in [5.41, 5.74) is 0. The molecule has 3 rings (SSSR count). The standard InChI is InChI=1S/C18H25NO3S2/c20-17(19-5-7-23-12-16-2-1-6-24-16)11-22-18(21)10-15-9-13-3-4-14(15)8-13/h1-2,6,13-15H,3-5,7-12H2,(H,19,20)/t13-,14-,15-/m1/s1. The lowest BCUT2D eigenvalue weighted by Gasteiger charge is -2.20. The maximum atomic E-state index is 11.9. The van der Waals surface area contributed by atoms with Crippen LogP contribution in [0.5, 0.6) is 0 Å². The van der Waals surface area contributed by atoms with Gasteiger partial charge in [-0.25, -0.2) is 0 Å². The van der Waals surface area contributed by atoms with Gasteiger partial charge in [-0.1, -0.05) is 12.5 Å². The zero-order valence-corrected chi connectivity index (χ0v) is 15.5. The van der Waals surface area contributed by atoms with Gasteiger partial charge in [-0.15, -0.1) is 11.3 Å². The molecule has 1 aromatic heterocycles. The summed E-state index contributed by atoms with van der Waals surface area (Å²) in [6.07, 6.45) is 5.56. The number of carbonyl (C=O) groups is 2. The van der Waals surface area contributed by atoms with E-state index >= 15 is 0 Å². The third-order valence-corrected chi connectivity index (χ3v) is 7.14. The molecule has 1 heterocycles. The van der Waals surface area contributed by atoms with Crippen LogP contribution in [-0.4, -0.2) is 30.8 Å². The fourth-order valence-electron chi connectivity index (χ4n) is 3.93. The molecule has 1 N–H and O–H groups in total. The van der Waals surface area contributed by atoms with Crippen molar-refractivity contribution < 1.29 is 14.3 Å². The highest BCUT2D eigenvalue weighted by molar-refractivity contribution is 7.98. The molecule has 2 aliphatic rings. The van der Waals surface area contributed by atoms with Crippen LogP contribution in [0.4, 0.5) is 0 Å². The normalized spacial score (nSPS) is 24.9. The van der Waals surface area contributed by atoms with E-state index in [1.54, 1.807) is 23.1 Å². The Bertz CT molecular complexity index is 546. The number of ether oxygens (including phenoxy) is 1. The van der Waals surface area contributed by atoms with E-state index in [4.69, 9.17) is 4.74 Å². The molecular weight excluding hydrogens is 342 g/mol. The van der Waals surface area contributed by atoms with Crippen molar-refractivity contribution in [3.05, 3.63) is 22.4 Å². The number of carbonyl (C=O) groups excluding carboxylic acids is 2. The minimum Gasteiger partial charge on any atom is -0.456 e. The van der Waals surface area contributed by atoms with E-state index in [2.05, 4.69) is 16.8 Å². The summed E-state index contributed by atoms with van der Waals surface area (Å²) >= 11 is 3.54. The average molecular weight is 368 g/mol. The van der Waals surface area contributed by atoms with E-state index < -0.39 is 0 Å². The Morgan fingerprint density at radius 3 is 2.96 bits per heavy atom. The number of fused-ring (bicyclic) bond motifs is 2. The Hall–Kier alpha value is -1.01. The van der Waals surface area contributed by atoms with Crippen LogP contribution >= 0.6 is 23.1 Å². The quantitative estimate of drug-likeness (QED) is 0.536. The Labute approximate surface area is 151 Å². The number of thioether (sulfide) groups is 1. The molecule has 0 radical (unpaired) electrons. The Kier molecular flexibility index (Phi) is 6.60. The van der Waals surface area contributed by atoms with Crippen molar-refractivity contribution in [2.75, 3.05) is 18.9 Å².